The van der Waals surface area contributed by atoms with E-state index in [1.54, 1.807) is 17.0 Å². The van der Waals surface area contributed by atoms with E-state index in [1.807, 2.05) is 6.92 Å². The van der Waals surface area contributed by atoms with Crippen LogP contribution in [0.5, 0.6) is 0 Å². The molecule has 0 heterocycles. The Labute approximate surface area is 93.8 Å². The molecule has 1 aromatic rings. The Balaban J connectivity index is 2.82. The second kappa shape index (κ2) is 5.30. The molecule has 0 fully saturated rings. The van der Waals surface area contributed by atoms with E-state index in [2.05, 4.69) is 6.58 Å². The summed E-state index contributed by atoms with van der Waals surface area (Å²) in [6.07, 6.45) is 0. The predicted octanol–water partition coefficient (Wildman–Crippen LogP) is 2.29. The van der Waals surface area contributed by atoms with Crippen molar-refractivity contribution in [1.29, 1.82) is 0 Å². The highest BCUT2D eigenvalue weighted by molar-refractivity contribution is 5.87. The highest BCUT2D eigenvalue weighted by Crippen LogP contribution is 2.16. The molecule has 0 aromatic heterocycles. The summed E-state index contributed by atoms with van der Waals surface area (Å²) < 4.78 is 13.0. The Kier molecular flexibility index (Phi) is 4.05. The van der Waals surface area contributed by atoms with Gasteiger partial charge in [0.2, 0.25) is 0 Å². The van der Waals surface area contributed by atoms with Gasteiger partial charge >= 0.3 is 5.97 Å². The normalized spacial score (nSPS) is 9.88. The molecule has 0 radical (unpaired) electrons. The van der Waals surface area contributed by atoms with E-state index in [0.717, 1.165) is 0 Å². The molecule has 0 atom stereocenters. The Morgan fingerprint density at radius 2 is 2.25 bits per heavy atom. The van der Waals surface area contributed by atoms with Crippen molar-refractivity contribution >= 4 is 11.7 Å². The molecule has 0 unspecified atom stereocenters. The van der Waals surface area contributed by atoms with Gasteiger partial charge in [-0.3, -0.25) is 0 Å². The first-order chi connectivity index (χ1) is 7.54. The first-order valence-corrected chi connectivity index (χ1v) is 4.96. The Morgan fingerprint density at radius 1 is 1.56 bits per heavy atom. The Morgan fingerprint density at radius 3 is 2.75 bits per heavy atom. The highest BCUT2D eigenvalue weighted by Gasteiger charge is 2.10. The minimum absolute atomic E-state index is 0.0890. The molecule has 0 aliphatic carbocycles. The molecule has 0 saturated carbocycles. The summed E-state index contributed by atoms with van der Waals surface area (Å²) in [7, 11) is 0. The van der Waals surface area contributed by atoms with Crippen molar-refractivity contribution in [1.82, 2.24) is 0 Å². The molecule has 1 N–H and O–H groups in total. The van der Waals surface area contributed by atoms with Crippen LogP contribution in [0, 0.1) is 5.82 Å². The monoisotopic (exact) mass is 223 g/mol. The summed E-state index contributed by atoms with van der Waals surface area (Å²) >= 11 is 0. The number of likely N-dealkylation sites (N-methyl/N-ethyl adjacent to an activating group) is 1. The van der Waals surface area contributed by atoms with Gasteiger partial charge in [0.1, 0.15) is 5.82 Å². The van der Waals surface area contributed by atoms with Crippen molar-refractivity contribution in [2.24, 2.45) is 0 Å². The molecule has 0 saturated heterocycles. The van der Waals surface area contributed by atoms with Crippen LogP contribution in [-0.2, 0) is 4.79 Å². The third kappa shape index (κ3) is 3.08. The number of nitrogens with zero attached hydrogens (tertiary/aromatic N) is 1. The number of carbonyl (C=O) groups is 1. The lowest BCUT2D eigenvalue weighted by Gasteiger charge is -2.22. The van der Waals surface area contributed by atoms with Gasteiger partial charge in [-0.05, 0) is 25.1 Å². The third-order valence-electron chi connectivity index (χ3n) is 2.24. The van der Waals surface area contributed by atoms with Crippen LogP contribution in [0.2, 0.25) is 0 Å². The maximum Gasteiger partial charge on any atom is 0.332 e. The summed E-state index contributed by atoms with van der Waals surface area (Å²) in [5.74, 6) is -1.37. The summed E-state index contributed by atoms with van der Waals surface area (Å²) in [6, 6.07) is 6.06. The molecule has 0 amide bonds. The third-order valence-corrected chi connectivity index (χ3v) is 2.24. The number of aliphatic carboxylic acids is 1. The number of carboxylic acids is 1. The predicted molar refractivity (Wildman–Crippen MR) is 61.1 cm³/mol. The quantitative estimate of drug-likeness (QED) is 0.778. The fraction of sp³-hybridized carbons (Fsp3) is 0.250. The number of rotatable bonds is 5. The van der Waals surface area contributed by atoms with E-state index in [-0.39, 0.29) is 17.9 Å². The zero-order valence-electron chi connectivity index (χ0n) is 9.11. The standard InChI is InChI=1S/C12H14FNO2/c1-3-14(8-9(2)12(15)16)11-6-4-5-10(13)7-11/h4-7H,2-3,8H2,1H3,(H,15,16). The Hall–Kier alpha value is -1.84. The maximum atomic E-state index is 13.0. The highest BCUT2D eigenvalue weighted by atomic mass is 19.1. The van der Waals surface area contributed by atoms with Crippen LogP contribution in [0.3, 0.4) is 0 Å². The van der Waals surface area contributed by atoms with Crippen molar-refractivity contribution in [2.75, 3.05) is 18.0 Å². The van der Waals surface area contributed by atoms with Crippen LogP contribution in [0.1, 0.15) is 6.92 Å². The van der Waals surface area contributed by atoms with Gasteiger partial charge in [-0.15, -0.1) is 0 Å². The number of carboxylic acid groups (broad SMARTS) is 1. The fourth-order valence-electron chi connectivity index (χ4n) is 1.36. The van der Waals surface area contributed by atoms with E-state index in [9.17, 15) is 9.18 Å². The molecular weight excluding hydrogens is 209 g/mol. The molecule has 1 aromatic carbocycles. The van der Waals surface area contributed by atoms with E-state index in [0.29, 0.717) is 12.2 Å². The zero-order chi connectivity index (χ0) is 12.1. The lowest BCUT2D eigenvalue weighted by molar-refractivity contribution is -0.132. The zero-order valence-corrected chi connectivity index (χ0v) is 9.11. The molecule has 1 rings (SSSR count). The van der Waals surface area contributed by atoms with E-state index in [4.69, 9.17) is 5.11 Å². The molecular formula is C12H14FNO2. The van der Waals surface area contributed by atoms with E-state index in [1.165, 1.54) is 12.1 Å². The SMILES string of the molecule is C=C(CN(CC)c1cccc(F)c1)C(=O)O. The molecule has 0 bridgehead atoms. The number of halogens is 1. The minimum Gasteiger partial charge on any atom is -0.478 e. The summed E-state index contributed by atoms with van der Waals surface area (Å²) in [5.41, 5.74) is 0.746. The lowest BCUT2D eigenvalue weighted by atomic mass is 10.2. The topological polar surface area (TPSA) is 40.5 Å². The van der Waals surface area contributed by atoms with Crippen LogP contribution >= 0.6 is 0 Å². The van der Waals surface area contributed by atoms with Crippen LogP contribution in [-0.4, -0.2) is 24.2 Å². The van der Waals surface area contributed by atoms with Crippen molar-refractivity contribution in [3.05, 3.63) is 42.2 Å². The number of benzene rings is 1. The van der Waals surface area contributed by atoms with Crippen molar-refractivity contribution in [2.45, 2.75) is 6.92 Å². The lowest BCUT2D eigenvalue weighted by Crippen LogP contribution is -2.27. The first kappa shape index (κ1) is 12.2. The molecule has 16 heavy (non-hydrogen) atoms. The van der Waals surface area contributed by atoms with Crippen LogP contribution in [0.15, 0.2) is 36.4 Å². The van der Waals surface area contributed by atoms with Crippen LogP contribution in [0.25, 0.3) is 0 Å². The molecule has 0 spiro atoms. The Bertz CT molecular complexity index is 404. The van der Waals surface area contributed by atoms with Crippen LogP contribution < -0.4 is 4.90 Å². The van der Waals surface area contributed by atoms with Crippen LogP contribution in [0.4, 0.5) is 10.1 Å². The van der Waals surface area contributed by atoms with Gasteiger partial charge in [-0.2, -0.15) is 0 Å². The largest absolute Gasteiger partial charge is 0.478 e. The number of anilines is 1. The summed E-state index contributed by atoms with van der Waals surface area (Å²) in [4.78, 5) is 12.4. The first-order valence-electron chi connectivity index (χ1n) is 4.96. The van der Waals surface area contributed by atoms with Gasteiger partial charge in [0.15, 0.2) is 0 Å². The second-order valence-corrected chi connectivity index (χ2v) is 3.40. The molecule has 86 valence electrons. The number of hydrogen-bond acceptors (Lipinski definition) is 2. The minimum atomic E-state index is -1.03. The second-order valence-electron chi connectivity index (χ2n) is 3.40. The number of hydrogen-bond donors (Lipinski definition) is 1. The molecule has 3 nitrogen and oxygen atoms in total. The molecule has 4 heteroatoms. The molecule has 0 aliphatic heterocycles. The molecule has 0 aliphatic rings. The van der Waals surface area contributed by atoms with E-state index < -0.39 is 5.97 Å². The van der Waals surface area contributed by atoms with Gasteiger partial charge in [-0.1, -0.05) is 12.6 Å². The maximum absolute atomic E-state index is 13.0. The summed E-state index contributed by atoms with van der Waals surface area (Å²) in [6.45, 7) is 6.11. The smallest absolute Gasteiger partial charge is 0.332 e. The van der Waals surface area contributed by atoms with E-state index >= 15 is 0 Å². The van der Waals surface area contributed by atoms with Gasteiger partial charge in [0, 0.05) is 24.4 Å². The van der Waals surface area contributed by atoms with Crippen molar-refractivity contribution in [3.63, 3.8) is 0 Å². The van der Waals surface area contributed by atoms with Gasteiger partial charge in [-0.25, -0.2) is 9.18 Å². The van der Waals surface area contributed by atoms with Gasteiger partial charge in [0.05, 0.1) is 0 Å². The average Bonchev–Trinajstić information content (AvgIpc) is 2.25. The van der Waals surface area contributed by atoms with Gasteiger partial charge < -0.3 is 10.0 Å². The van der Waals surface area contributed by atoms with Gasteiger partial charge in [0.25, 0.3) is 0 Å². The average molecular weight is 223 g/mol. The fourth-order valence-corrected chi connectivity index (χ4v) is 1.36. The van der Waals surface area contributed by atoms with Crippen molar-refractivity contribution < 1.29 is 14.3 Å². The summed E-state index contributed by atoms with van der Waals surface area (Å²) in [5, 5.41) is 8.73. The van der Waals surface area contributed by atoms with Crippen molar-refractivity contribution in [3.8, 4) is 0 Å².